The van der Waals surface area contributed by atoms with Gasteiger partial charge in [0, 0.05) is 11.1 Å². The van der Waals surface area contributed by atoms with E-state index in [1.54, 1.807) is 6.07 Å². The fraction of sp³-hybridized carbons (Fsp3) is 0.500. The van der Waals surface area contributed by atoms with Crippen molar-refractivity contribution in [2.24, 2.45) is 5.73 Å². The van der Waals surface area contributed by atoms with Gasteiger partial charge in [-0.25, -0.2) is 4.39 Å². The predicted octanol–water partition coefficient (Wildman–Crippen LogP) is 1.85. The normalized spacial score (nSPS) is 11.7. The minimum absolute atomic E-state index is 0.0670. The fourth-order valence-corrected chi connectivity index (χ4v) is 1.27. The number of halogens is 1. The third-order valence-corrected chi connectivity index (χ3v) is 2.19. The highest BCUT2D eigenvalue weighted by molar-refractivity contribution is 5.14. The molecule has 1 heterocycles. The Morgan fingerprint density at radius 3 is 2.62 bits per heavy atom. The predicted molar refractivity (Wildman–Crippen MR) is 50.9 cm³/mol. The molecule has 0 aromatic carbocycles. The summed E-state index contributed by atoms with van der Waals surface area (Å²) in [6, 6.07) is 3.14. The number of aromatic nitrogens is 1. The maximum absolute atomic E-state index is 12.6. The topological polar surface area (TPSA) is 38.9 Å². The van der Waals surface area contributed by atoms with Gasteiger partial charge in [-0.3, -0.25) is 4.98 Å². The van der Waals surface area contributed by atoms with Gasteiger partial charge in [0.15, 0.2) is 0 Å². The standard InChI is InChI=1S/C10H15FN2/c1-10(2,5-6-12)9-4-3-8(11)7-13-9/h3-4,7H,5-6,12H2,1-2H3. The second-order valence-corrected chi connectivity index (χ2v) is 3.78. The summed E-state index contributed by atoms with van der Waals surface area (Å²) in [7, 11) is 0. The molecule has 0 saturated heterocycles. The van der Waals surface area contributed by atoms with Crippen molar-refractivity contribution in [3.05, 3.63) is 29.8 Å². The van der Waals surface area contributed by atoms with E-state index in [2.05, 4.69) is 18.8 Å². The number of nitrogens with zero attached hydrogens (tertiary/aromatic N) is 1. The van der Waals surface area contributed by atoms with Crippen LogP contribution in [0.15, 0.2) is 18.3 Å². The maximum Gasteiger partial charge on any atom is 0.141 e. The van der Waals surface area contributed by atoms with E-state index < -0.39 is 0 Å². The molecule has 0 spiro atoms. The van der Waals surface area contributed by atoms with Crippen LogP contribution >= 0.6 is 0 Å². The second-order valence-electron chi connectivity index (χ2n) is 3.78. The summed E-state index contributed by atoms with van der Waals surface area (Å²) in [5.41, 5.74) is 6.30. The van der Waals surface area contributed by atoms with Crippen LogP contribution in [0.5, 0.6) is 0 Å². The van der Waals surface area contributed by atoms with Gasteiger partial charge in [-0.05, 0) is 25.1 Å². The van der Waals surface area contributed by atoms with Crippen LogP contribution in [0.1, 0.15) is 26.0 Å². The SMILES string of the molecule is CC(C)(CCN)c1ccc(F)cn1. The average molecular weight is 182 g/mol. The van der Waals surface area contributed by atoms with Gasteiger partial charge in [-0.2, -0.15) is 0 Å². The van der Waals surface area contributed by atoms with E-state index in [4.69, 9.17) is 5.73 Å². The monoisotopic (exact) mass is 182 g/mol. The van der Waals surface area contributed by atoms with Crippen molar-refractivity contribution < 1.29 is 4.39 Å². The molecule has 0 saturated carbocycles. The number of nitrogens with two attached hydrogens (primary N) is 1. The highest BCUT2D eigenvalue weighted by atomic mass is 19.1. The maximum atomic E-state index is 12.6. The lowest BCUT2D eigenvalue weighted by Crippen LogP contribution is -2.22. The van der Waals surface area contributed by atoms with Crippen molar-refractivity contribution in [1.82, 2.24) is 4.98 Å². The lowest BCUT2D eigenvalue weighted by molar-refractivity contribution is 0.470. The van der Waals surface area contributed by atoms with Crippen LogP contribution in [0.4, 0.5) is 4.39 Å². The Labute approximate surface area is 78.0 Å². The molecule has 13 heavy (non-hydrogen) atoms. The Hall–Kier alpha value is -0.960. The number of pyridine rings is 1. The molecular formula is C10H15FN2. The van der Waals surface area contributed by atoms with Crippen molar-refractivity contribution in [3.8, 4) is 0 Å². The van der Waals surface area contributed by atoms with Gasteiger partial charge in [0.25, 0.3) is 0 Å². The van der Waals surface area contributed by atoms with Gasteiger partial charge in [-0.1, -0.05) is 13.8 Å². The second kappa shape index (κ2) is 3.83. The third kappa shape index (κ3) is 2.49. The number of hydrogen-bond acceptors (Lipinski definition) is 2. The lowest BCUT2D eigenvalue weighted by Gasteiger charge is -2.22. The Balaban J connectivity index is 2.87. The molecule has 1 aromatic heterocycles. The largest absolute Gasteiger partial charge is 0.330 e. The minimum atomic E-state index is -0.299. The molecule has 2 nitrogen and oxygen atoms in total. The van der Waals surface area contributed by atoms with Crippen LogP contribution in [0, 0.1) is 5.82 Å². The van der Waals surface area contributed by atoms with E-state index >= 15 is 0 Å². The molecule has 0 radical (unpaired) electrons. The van der Waals surface area contributed by atoms with E-state index in [1.165, 1.54) is 12.3 Å². The summed E-state index contributed by atoms with van der Waals surface area (Å²) >= 11 is 0. The smallest absolute Gasteiger partial charge is 0.141 e. The van der Waals surface area contributed by atoms with Gasteiger partial charge in [-0.15, -0.1) is 0 Å². The third-order valence-electron chi connectivity index (χ3n) is 2.19. The average Bonchev–Trinajstić information content (AvgIpc) is 2.05. The van der Waals surface area contributed by atoms with Crippen molar-refractivity contribution in [2.75, 3.05) is 6.54 Å². The quantitative estimate of drug-likeness (QED) is 0.774. The van der Waals surface area contributed by atoms with E-state index in [0.29, 0.717) is 6.54 Å². The summed E-state index contributed by atoms with van der Waals surface area (Å²) < 4.78 is 12.6. The number of rotatable bonds is 3. The molecule has 0 bridgehead atoms. The van der Waals surface area contributed by atoms with Crippen molar-refractivity contribution >= 4 is 0 Å². The first kappa shape index (κ1) is 10.1. The molecule has 0 amide bonds. The van der Waals surface area contributed by atoms with Crippen molar-refractivity contribution in [1.29, 1.82) is 0 Å². The van der Waals surface area contributed by atoms with Gasteiger partial charge in [0.05, 0.1) is 6.20 Å². The Morgan fingerprint density at radius 1 is 1.46 bits per heavy atom. The lowest BCUT2D eigenvalue weighted by atomic mass is 9.85. The number of hydrogen-bond donors (Lipinski definition) is 1. The molecule has 1 aromatic rings. The highest BCUT2D eigenvalue weighted by Crippen LogP contribution is 2.24. The van der Waals surface area contributed by atoms with Crippen LogP contribution in [0.2, 0.25) is 0 Å². The van der Waals surface area contributed by atoms with Gasteiger partial charge in [0.2, 0.25) is 0 Å². The molecule has 0 atom stereocenters. The molecule has 72 valence electrons. The van der Waals surface area contributed by atoms with E-state index in [1.807, 2.05) is 0 Å². The molecule has 2 N–H and O–H groups in total. The highest BCUT2D eigenvalue weighted by Gasteiger charge is 2.20. The van der Waals surface area contributed by atoms with Crippen LogP contribution in [0.25, 0.3) is 0 Å². The zero-order valence-electron chi connectivity index (χ0n) is 8.05. The Morgan fingerprint density at radius 2 is 2.15 bits per heavy atom. The summed E-state index contributed by atoms with van der Waals surface area (Å²) in [5, 5.41) is 0. The van der Waals surface area contributed by atoms with Crippen molar-refractivity contribution in [3.63, 3.8) is 0 Å². The minimum Gasteiger partial charge on any atom is -0.330 e. The summed E-state index contributed by atoms with van der Waals surface area (Å²) in [6.07, 6.45) is 2.10. The fourth-order valence-electron chi connectivity index (χ4n) is 1.27. The summed E-state index contributed by atoms with van der Waals surface area (Å²) in [4.78, 5) is 4.04. The zero-order valence-corrected chi connectivity index (χ0v) is 8.05. The molecule has 0 fully saturated rings. The molecular weight excluding hydrogens is 167 g/mol. The molecule has 0 aliphatic heterocycles. The Bertz CT molecular complexity index is 267. The first-order valence-corrected chi connectivity index (χ1v) is 4.38. The molecule has 0 unspecified atom stereocenters. The van der Waals surface area contributed by atoms with Crippen molar-refractivity contribution in [2.45, 2.75) is 25.7 Å². The summed E-state index contributed by atoms with van der Waals surface area (Å²) in [6.45, 7) is 4.73. The zero-order chi connectivity index (χ0) is 9.90. The molecule has 3 heteroatoms. The summed E-state index contributed by atoms with van der Waals surface area (Å²) in [5.74, 6) is -0.299. The molecule has 0 aliphatic carbocycles. The van der Waals surface area contributed by atoms with Crippen LogP contribution in [0.3, 0.4) is 0 Å². The first-order chi connectivity index (χ1) is 6.06. The van der Waals surface area contributed by atoms with Gasteiger partial charge >= 0.3 is 0 Å². The van der Waals surface area contributed by atoms with E-state index in [9.17, 15) is 4.39 Å². The van der Waals surface area contributed by atoms with Gasteiger partial charge in [0.1, 0.15) is 5.82 Å². The van der Waals surface area contributed by atoms with E-state index in [-0.39, 0.29) is 11.2 Å². The molecule has 1 rings (SSSR count). The van der Waals surface area contributed by atoms with Crippen LogP contribution in [-0.2, 0) is 5.41 Å². The van der Waals surface area contributed by atoms with Crippen LogP contribution in [-0.4, -0.2) is 11.5 Å². The van der Waals surface area contributed by atoms with Crippen LogP contribution < -0.4 is 5.73 Å². The van der Waals surface area contributed by atoms with Gasteiger partial charge < -0.3 is 5.73 Å². The Kier molecular flexibility index (Phi) is 2.98. The first-order valence-electron chi connectivity index (χ1n) is 4.38. The molecule has 0 aliphatic rings. The van der Waals surface area contributed by atoms with E-state index in [0.717, 1.165) is 12.1 Å².